The lowest BCUT2D eigenvalue weighted by atomic mass is 10.2. The van der Waals surface area contributed by atoms with Crippen LogP contribution in [0.1, 0.15) is 17.9 Å². The molecule has 3 rings (SSSR count). The van der Waals surface area contributed by atoms with Crippen molar-refractivity contribution in [1.29, 1.82) is 0 Å². The highest BCUT2D eigenvalue weighted by Crippen LogP contribution is 2.17. The maximum Gasteiger partial charge on any atom is 0.247 e. The smallest absolute Gasteiger partial charge is 0.247 e. The Morgan fingerprint density at radius 3 is 2.71 bits per heavy atom. The Morgan fingerprint density at radius 2 is 1.92 bits per heavy atom. The van der Waals surface area contributed by atoms with Crippen LogP contribution in [-0.2, 0) is 17.8 Å². The number of aryl methyl sites for hydroxylation is 1. The zero-order chi connectivity index (χ0) is 16.8. The van der Waals surface area contributed by atoms with Crippen LogP contribution < -0.4 is 5.32 Å². The molecule has 0 saturated heterocycles. The zero-order valence-electron chi connectivity index (χ0n) is 12.9. The normalized spacial score (nSPS) is 10.5. The van der Waals surface area contributed by atoms with Crippen molar-refractivity contribution in [3.8, 4) is 11.5 Å². The molecule has 0 spiro atoms. The van der Waals surface area contributed by atoms with Gasteiger partial charge in [0.05, 0.1) is 0 Å². The minimum Gasteiger partial charge on any atom is -0.421 e. The third-order valence-electron chi connectivity index (χ3n) is 3.43. The van der Waals surface area contributed by atoms with E-state index in [1.165, 1.54) is 0 Å². The van der Waals surface area contributed by atoms with Crippen molar-refractivity contribution in [3.05, 3.63) is 71.1 Å². The Balaban J connectivity index is 1.49. The lowest BCUT2D eigenvalue weighted by molar-refractivity contribution is -0.121. The molecule has 0 saturated carbocycles. The summed E-state index contributed by atoms with van der Waals surface area (Å²) >= 11 is 5.91. The number of nitrogens with zero attached hydrogens (tertiary/aromatic N) is 2. The van der Waals surface area contributed by atoms with E-state index in [4.69, 9.17) is 16.0 Å². The molecule has 1 amide bonds. The highest BCUT2D eigenvalue weighted by atomic mass is 35.5. The summed E-state index contributed by atoms with van der Waals surface area (Å²) in [6, 6.07) is 16.9. The van der Waals surface area contributed by atoms with Gasteiger partial charge < -0.3 is 9.73 Å². The average molecular weight is 342 g/mol. The third kappa shape index (κ3) is 4.43. The number of rotatable bonds is 6. The first-order chi connectivity index (χ1) is 11.7. The highest BCUT2D eigenvalue weighted by molar-refractivity contribution is 6.30. The lowest BCUT2D eigenvalue weighted by Crippen LogP contribution is -2.23. The maximum absolute atomic E-state index is 11.9. The molecule has 0 aliphatic heterocycles. The van der Waals surface area contributed by atoms with Crippen molar-refractivity contribution >= 4 is 17.5 Å². The summed E-state index contributed by atoms with van der Waals surface area (Å²) in [6.07, 6.45) is 0.693. The Morgan fingerprint density at radius 1 is 1.08 bits per heavy atom. The molecule has 2 aromatic carbocycles. The monoisotopic (exact) mass is 341 g/mol. The Hall–Kier alpha value is -2.66. The Kier molecular flexibility index (Phi) is 5.23. The molecular formula is C18H16ClN3O2. The summed E-state index contributed by atoms with van der Waals surface area (Å²) in [6.45, 7) is 0.443. The standard InChI is InChI=1S/C18H16ClN3O2/c19-15-8-4-5-13(11-15)12-20-16(23)9-10-17-21-22-18(24-17)14-6-2-1-3-7-14/h1-8,11H,9-10,12H2,(H,20,23). The van der Waals surface area contributed by atoms with Crippen LogP contribution in [0.4, 0.5) is 0 Å². The Labute approximate surface area is 144 Å². The van der Waals surface area contributed by atoms with Crippen LogP contribution in [-0.4, -0.2) is 16.1 Å². The number of hydrogen-bond donors (Lipinski definition) is 1. The Bertz CT molecular complexity index is 818. The van der Waals surface area contributed by atoms with Crippen LogP contribution in [0.25, 0.3) is 11.5 Å². The fourth-order valence-electron chi connectivity index (χ4n) is 2.21. The minimum absolute atomic E-state index is 0.0746. The molecule has 6 heteroatoms. The van der Waals surface area contributed by atoms with Crippen LogP contribution in [0.2, 0.25) is 5.02 Å². The SMILES string of the molecule is O=C(CCc1nnc(-c2ccccc2)o1)NCc1cccc(Cl)c1. The van der Waals surface area contributed by atoms with Crippen molar-refractivity contribution in [2.75, 3.05) is 0 Å². The minimum atomic E-state index is -0.0746. The van der Waals surface area contributed by atoms with Gasteiger partial charge in [-0.1, -0.05) is 41.9 Å². The molecule has 0 atom stereocenters. The fourth-order valence-corrected chi connectivity index (χ4v) is 2.42. The molecule has 1 aromatic heterocycles. The molecule has 0 radical (unpaired) electrons. The third-order valence-corrected chi connectivity index (χ3v) is 3.67. The van der Waals surface area contributed by atoms with E-state index in [0.29, 0.717) is 29.8 Å². The van der Waals surface area contributed by atoms with Gasteiger partial charge in [-0.3, -0.25) is 4.79 Å². The molecule has 0 unspecified atom stereocenters. The van der Waals surface area contributed by atoms with E-state index in [2.05, 4.69) is 15.5 Å². The quantitative estimate of drug-likeness (QED) is 0.743. The molecule has 24 heavy (non-hydrogen) atoms. The summed E-state index contributed by atoms with van der Waals surface area (Å²) in [5.74, 6) is 0.839. The second-order valence-electron chi connectivity index (χ2n) is 5.27. The van der Waals surface area contributed by atoms with Crippen LogP contribution in [0.5, 0.6) is 0 Å². The first-order valence-corrected chi connectivity index (χ1v) is 7.97. The number of aromatic nitrogens is 2. The summed E-state index contributed by atoms with van der Waals surface area (Å²) in [5.41, 5.74) is 1.82. The van der Waals surface area contributed by atoms with Gasteiger partial charge in [-0.2, -0.15) is 0 Å². The van der Waals surface area contributed by atoms with E-state index in [1.807, 2.05) is 48.5 Å². The number of halogens is 1. The van der Waals surface area contributed by atoms with Crippen molar-refractivity contribution in [2.24, 2.45) is 0 Å². The van der Waals surface area contributed by atoms with Crippen LogP contribution in [0.15, 0.2) is 59.0 Å². The number of hydrogen-bond acceptors (Lipinski definition) is 4. The van der Waals surface area contributed by atoms with E-state index in [-0.39, 0.29) is 12.3 Å². The summed E-state index contributed by atoms with van der Waals surface area (Å²) < 4.78 is 5.58. The second-order valence-corrected chi connectivity index (χ2v) is 5.71. The molecule has 0 aliphatic carbocycles. The maximum atomic E-state index is 11.9. The van der Waals surface area contributed by atoms with E-state index < -0.39 is 0 Å². The van der Waals surface area contributed by atoms with Gasteiger partial charge in [0.2, 0.25) is 17.7 Å². The second kappa shape index (κ2) is 7.75. The van der Waals surface area contributed by atoms with Gasteiger partial charge in [0.15, 0.2) is 0 Å². The van der Waals surface area contributed by atoms with Gasteiger partial charge >= 0.3 is 0 Å². The van der Waals surface area contributed by atoms with Crippen molar-refractivity contribution < 1.29 is 9.21 Å². The van der Waals surface area contributed by atoms with Crippen LogP contribution in [0.3, 0.4) is 0 Å². The summed E-state index contributed by atoms with van der Waals surface area (Å²) in [7, 11) is 0. The van der Waals surface area contributed by atoms with Crippen LogP contribution >= 0.6 is 11.6 Å². The van der Waals surface area contributed by atoms with Crippen molar-refractivity contribution in [3.63, 3.8) is 0 Å². The number of amides is 1. The molecule has 0 bridgehead atoms. The highest BCUT2D eigenvalue weighted by Gasteiger charge is 2.10. The summed E-state index contributed by atoms with van der Waals surface area (Å²) in [4.78, 5) is 11.9. The van der Waals surface area contributed by atoms with Gasteiger partial charge in [-0.05, 0) is 29.8 Å². The van der Waals surface area contributed by atoms with Gasteiger partial charge in [-0.15, -0.1) is 10.2 Å². The first kappa shape index (κ1) is 16.2. The fraction of sp³-hybridized carbons (Fsp3) is 0.167. The number of carbonyl (C=O) groups is 1. The molecule has 1 heterocycles. The lowest BCUT2D eigenvalue weighted by Gasteiger charge is -2.04. The molecule has 1 N–H and O–H groups in total. The predicted octanol–water partition coefficient (Wildman–Crippen LogP) is 3.64. The first-order valence-electron chi connectivity index (χ1n) is 7.59. The number of carbonyl (C=O) groups excluding carboxylic acids is 1. The van der Waals surface area contributed by atoms with E-state index in [0.717, 1.165) is 11.1 Å². The molecular weight excluding hydrogens is 326 g/mol. The van der Waals surface area contributed by atoms with Gasteiger partial charge in [0.25, 0.3) is 0 Å². The predicted molar refractivity (Wildman–Crippen MR) is 91.4 cm³/mol. The summed E-state index contributed by atoms with van der Waals surface area (Å²) in [5, 5.41) is 11.5. The van der Waals surface area contributed by atoms with E-state index in [1.54, 1.807) is 6.07 Å². The van der Waals surface area contributed by atoms with Gasteiger partial charge in [0, 0.05) is 30.0 Å². The molecule has 0 aliphatic rings. The number of nitrogens with one attached hydrogen (secondary N) is 1. The zero-order valence-corrected chi connectivity index (χ0v) is 13.7. The van der Waals surface area contributed by atoms with Crippen molar-refractivity contribution in [1.82, 2.24) is 15.5 Å². The van der Waals surface area contributed by atoms with E-state index >= 15 is 0 Å². The number of benzene rings is 2. The topological polar surface area (TPSA) is 68.0 Å². The van der Waals surface area contributed by atoms with Crippen LogP contribution in [0, 0.1) is 0 Å². The molecule has 3 aromatic rings. The molecule has 122 valence electrons. The molecule has 5 nitrogen and oxygen atoms in total. The van der Waals surface area contributed by atoms with Gasteiger partial charge in [-0.25, -0.2) is 0 Å². The largest absolute Gasteiger partial charge is 0.421 e. The van der Waals surface area contributed by atoms with E-state index in [9.17, 15) is 4.79 Å². The van der Waals surface area contributed by atoms with Gasteiger partial charge in [0.1, 0.15) is 0 Å². The van der Waals surface area contributed by atoms with Crippen molar-refractivity contribution in [2.45, 2.75) is 19.4 Å². The molecule has 0 fully saturated rings. The average Bonchev–Trinajstić information content (AvgIpc) is 3.08.